The average molecular weight is 203 g/mol. The molecule has 4 heteroatoms. The van der Waals surface area contributed by atoms with Crippen LogP contribution in [0, 0.1) is 5.41 Å². The number of ether oxygens (including phenoxy) is 1. The van der Waals surface area contributed by atoms with Crippen molar-refractivity contribution in [2.75, 3.05) is 20.3 Å². The van der Waals surface area contributed by atoms with Crippen LogP contribution in [-0.4, -0.2) is 48.7 Å². The molecule has 0 aromatic carbocycles. The third kappa shape index (κ3) is 2.25. The Labute approximate surface area is 85.3 Å². The van der Waals surface area contributed by atoms with Crippen molar-refractivity contribution in [1.82, 2.24) is 5.32 Å². The summed E-state index contributed by atoms with van der Waals surface area (Å²) >= 11 is 0. The molecule has 4 nitrogen and oxygen atoms in total. The van der Waals surface area contributed by atoms with Crippen LogP contribution in [0.15, 0.2) is 0 Å². The molecule has 3 unspecified atom stereocenters. The number of hydrogen-bond donors (Lipinski definition) is 3. The van der Waals surface area contributed by atoms with Crippen LogP contribution < -0.4 is 5.32 Å². The zero-order valence-corrected chi connectivity index (χ0v) is 9.16. The molecule has 0 aromatic heterocycles. The van der Waals surface area contributed by atoms with Gasteiger partial charge in [0.25, 0.3) is 0 Å². The maximum atomic E-state index is 9.18. The van der Waals surface area contributed by atoms with Gasteiger partial charge in [-0.05, 0) is 6.42 Å². The Morgan fingerprint density at radius 3 is 2.64 bits per heavy atom. The van der Waals surface area contributed by atoms with Gasteiger partial charge in [-0.25, -0.2) is 0 Å². The fraction of sp³-hybridized carbons (Fsp3) is 1.00. The molecule has 1 aliphatic rings. The Morgan fingerprint density at radius 1 is 1.57 bits per heavy atom. The van der Waals surface area contributed by atoms with E-state index in [9.17, 15) is 5.11 Å². The van der Waals surface area contributed by atoms with Crippen molar-refractivity contribution in [2.45, 2.75) is 38.5 Å². The molecule has 1 rings (SSSR count). The molecular weight excluding hydrogens is 182 g/mol. The van der Waals surface area contributed by atoms with Gasteiger partial charge in [-0.1, -0.05) is 13.8 Å². The van der Waals surface area contributed by atoms with E-state index in [2.05, 4.69) is 19.2 Å². The van der Waals surface area contributed by atoms with Gasteiger partial charge in [0.1, 0.15) is 0 Å². The predicted molar refractivity (Wildman–Crippen MR) is 54.1 cm³/mol. The summed E-state index contributed by atoms with van der Waals surface area (Å²) in [5.41, 5.74) is 0.115. The molecule has 0 heterocycles. The first kappa shape index (κ1) is 11.9. The second-order valence-corrected chi connectivity index (χ2v) is 4.58. The summed E-state index contributed by atoms with van der Waals surface area (Å²) in [6.45, 7) is 4.55. The van der Waals surface area contributed by atoms with Crippen LogP contribution in [0.4, 0.5) is 0 Å². The lowest BCUT2D eigenvalue weighted by molar-refractivity contribution is -0.0997. The van der Waals surface area contributed by atoms with E-state index in [0.717, 1.165) is 6.42 Å². The van der Waals surface area contributed by atoms with Crippen LogP contribution in [0.5, 0.6) is 0 Å². The highest BCUT2D eigenvalue weighted by Crippen LogP contribution is 2.42. The van der Waals surface area contributed by atoms with Crippen LogP contribution >= 0.6 is 0 Å². The number of hydrogen-bond acceptors (Lipinski definition) is 4. The number of aliphatic hydroxyl groups is 2. The molecule has 14 heavy (non-hydrogen) atoms. The highest BCUT2D eigenvalue weighted by Gasteiger charge is 2.48. The van der Waals surface area contributed by atoms with Crippen molar-refractivity contribution in [2.24, 2.45) is 5.41 Å². The summed E-state index contributed by atoms with van der Waals surface area (Å²) < 4.78 is 5.31. The van der Waals surface area contributed by atoms with Crippen molar-refractivity contribution in [3.05, 3.63) is 0 Å². The standard InChI is InChI=1S/C10H21NO3/c1-10(2)8(4-9(10)14-3)11-5-7(13)6-12/h7-9,11-13H,4-6H2,1-3H3. The second kappa shape index (κ2) is 4.57. The lowest BCUT2D eigenvalue weighted by Gasteiger charge is -2.51. The molecule has 1 saturated carbocycles. The molecule has 0 saturated heterocycles. The van der Waals surface area contributed by atoms with E-state index in [4.69, 9.17) is 9.84 Å². The molecule has 3 atom stereocenters. The van der Waals surface area contributed by atoms with E-state index < -0.39 is 6.10 Å². The van der Waals surface area contributed by atoms with Crippen LogP contribution in [-0.2, 0) is 4.74 Å². The normalized spacial score (nSPS) is 32.4. The number of methoxy groups -OCH3 is 1. The monoisotopic (exact) mass is 203 g/mol. The summed E-state index contributed by atoms with van der Waals surface area (Å²) in [5, 5.41) is 21.1. The van der Waals surface area contributed by atoms with Gasteiger partial charge in [-0.15, -0.1) is 0 Å². The predicted octanol–water partition coefficient (Wildman–Crippen LogP) is -0.257. The van der Waals surface area contributed by atoms with E-state index >= 15 is 0 Å². The topological polar surface area (TPSA) is 61.7 Å². The Balaban J connectivity index is 2.28. The lowest BCUT2D eigenvalue weighted by Crippen LogP contribution is -2.61. The summed E-state index contributed by atoms with van der Waals surface area (Å²) in [6, 6.07) is 0.369. The maximum absolute atomic E-state index is 9.18. The van der Waals surface area contributed by atoms with Crippen molar-refractivity contribution < 1.29 is 14.9 Å². The van der Waals surface area contributed by atoms with Crippen LogP contribution in [0.1, 0.15) is 20.3 Å². The van der Waals surface area contributed by atoms with Gasteiger partial charge in [-0.3, -0.25) is 0 Å². The first-order valence-electron chi connectivity index (χ1n) is 5.07. The second-order valence-electron chi connectivity index (χ2n) is 4.58. The molecule has 0 bridgehead atoms. The molecule has 0 aromatic rings. The molecule has 0 aliphatic heterocycles. The van der Waals surface area contributed by atoms with Gasteiger partial charge < -0.3 is 20.3 Å². The van der Waals surface area contributed by atoms with Gasteiger partial charge in [0, 0.05) is 25.1 Å². The van der Waals surface area contributed by atoms with Gasteiger partial charge in [0.2, 0.25) is 0 Å². The molecule has 84 valence electrons. The molecule has 3 N–H and O–H groups in total. The fourth-order valence-electron chi connectivity index (χ4n) is 1.97. The van der Waals surface area contributed by atoms with E-state index in [-0.39, 0.29) is 12.0 Å². The van der Waals surface area contributed by atoms with Gasteiger partial charge in [0.05, 0.1) is 18.8 Å². The fourth-order valence-corrected chi connectivity index (χ4v) is 1.97. The first-order chi connectivity index (χ1) is 6.52. The van der Waals surface area contributed by atoms with Crippen LogP contribution in [0.3, 0.4) is 0 Å². The van der Waals surface area contributed by atoms with Crippen molar-refractivity contribution in [3.8, 4) is 0 Å². The van der Waals surface area contributed by atoms with Gasteiger partial charge in [-0.2, -0.15) is 0 Å². The third-order valence-corrected chi connectivity index (χ3v) is 3.27. The first-order valence-corrected chi connectivity index (χ1v) is 5.07. The third-order valence-electron chi connectivity index (χ3n) is 3.27. The van der Waals surface area contributed by atoms with Crippen LogP contribution in [0.25, 0.3) is 0 Å². The van der Waals surface area contributed by atoms with Crippen LogP contribution in [0.2, 0.25) is 0 Å². The Hall–Kier alpha value is -0.160. The van der Waals surface area contributed by atoms with E-state index in [1.54, 1.807) is 7.11 Å². The van der Waals surface area contributed by atoms with Crippen molar-refractivity contribution >= 4 is 0 Å². The largest absolute Gasteiger partial charge is 0.394 e. The van der Waals surface area contributed by atoms with Gasteiger partial charge >= 0.3 is 0 Å². The number of nitrogens with one attached hydrogen (secondary N) is 1. The Morgan fingerprint density at radius 2 is 2.21 bits per heavy atom. The lowest BCUT2D eigenvalue weighted by atomic mass is 9.64. The maximum Gasteiger partial charge on any atom is 0.0895 e. The van der Waals surface area contributed by atoms with Crippen molar-refractivity contribution in [3.63, 3.8) is 0 Å². The summed E-state index contributed by atoms with van der Waals surface area (Å²) in [6.07, 6.45) is 0.612. The zero-order chi connectivity index (χ0) is 10.8. The van der Waals surface area contributed by atoms with E-state index in [1.807, 2.05) is 0 Å². The number of aliphatic hydroxyl groups excluding tert-OH is 2. The Bertz CT molecular complexity index is 184. The summed E-state index contributed by atoms with van der Waals surface area (Å²) in [7, 11) is 1.73. The molecule has 1 fully saturated rings. The average Bonchev–Trinajstić information content (AvgIpc) is 2.16. The zero-order valence-electron chi connectivity index (χ0n) is 9.16. The minimum absolute atomic E-state index is 0.115. The quantitative estimate of drug-likeness (QED) is 0.576. The number of rotatable bonds is 5. The minimum Gasteiger partial charge on any atom is -0.394 e. The molecule has 0 radical (unpaired) electrons. The van der Waals surface area contributed by atoms with Gasteiger partial charge in [0.15, 0.2) is 0 Å². The molecule has 0 amide bonds. The van der Waals surface area contributed by atoms with Crippen molar-refractivity contribution in [1.29, 1.82) is 0 Å². The van der Waals surface area contributed by atoms with E-state index in [0.29, 0.717) is 18.7 Å². The minimum atomic E-state index is -0.660. The molecule has 1 aliphatic carbocycles. The highest BCUT2D eigenvalue weighted by molar-refractivity contribution is 5.02. The molecule has 0 spiro atoms. The summed E-state index contributed by atoms with van der Waals surface area (Å²) in [5.74, 6) is 0. The SMILES string of the molecule is COC1CC(NCC(O)CO)C1(C)C. The molecular formula is C10H21NO3. The smallest absolute Gasteiger partial charge is 0.0895 e. The summed E-state index contributed by atoms with van der Waals surface area (Å²) in [4.78, 5) is 0. The Kier molecular flexibility index (Phi) is 3.89. The van der Waals surface area contributed by atoms with E-state index in [1.165, 1.54) is 0 Å². The highest BCUT2D eigenvalue weighted by atomic mass is 16.5.